The van der Waals surface area contributed by atoms with E-state index in [9.17, 15) is 9.59 Å². The van der Waals surface area contributed by atoms with Crippen molar-refractivity contribution in [1.29, 1.82) is 0 Å². The summed E-state index contributed by atoms with van der Waals surface area (Å²) in [5.74, 6) is 0.462. The molecule has 0 aliphatic carbocycles. The highest BCUT2D eigenvalue weighted by Crippen LogP contribution is 2.24. The third kappa shape index (κ3) is 4.62. The number of nitrogens with one attached hydrogen (secondary N) is 2. The van der Waals surface area contributed by atoms with Gasteiger partial charge in [0, 0.05) is 30.2 Å². The van der Waals surface area contributed by atoms with Crippen LogP contribution >= 0.6 is 0 Å². The van der Waals surface area contributed by atoms with E-state index in [1.165, 1.54) is 13.3 Å². The van der Waals surface area contributed by atoms with Crippen molar-refractivity contribution in [2.75, 3.05) is 28.6 Å². The van der Waals surface area contributed by atoms with Crippen LogP contribution in [0, 0.1) is 6.92 Å². The Labute approximate surface area is 163 Å². The molecule has 1 heterocycles. The standard InChI is InChI=1S/C21H23N5O2/c1-4-26(21-18-11-14(2)5-10-19(18)22-13-23-21)12-20(28)25-17-8-6-16(7-9-17)24-15(3)27/h5-11,13H,4,12H2,1-3H3,(H,24,27)(H,25,28). The number of benzene rings is 2. The number of fused-ring (bicyclic) bond motifs is 1. The van der Waals surface area contributed by atoms with Crippen molar-refractivity contribution in [1.82, 2.24) is 9.97 Å². The van der Waals surface area contributed by atoms with Gasteiger partial charge < -0.3 is 15.5 Å². The van der Waals surface area contributed by atoms with Gasteiger partial charge in [0.2, 0.25) is 11.8 Å². The van der Waals surface area contributed by atoms with Crippen molar-refractivity contribution in [2.45, 2.75) is 20.8 Å². The summed E-state index contributed by atoms with van der Waals surface area (Å²) in [5, 5.41) is 6.50. The number of aromatic nitrogens is 2. The van der Waals surface area contributed by atoms with Gasteiger partial charge in [-0.15, -0.1) is 0 Å². The van der Waals surface area contributed by atoms with E-state index in [1.807, 2.05) is 36.9 Å². The van der Waals surface area contributed by atoms with Crippen LogP contribution < -0.4 is 15.5 Å². The van der Waals surface area contributed by atoms with E-state index in [2.05, 4.69) is 20.6 Å². The summed E-state index contributed by atoms with van der Waals surface area (Å²) < 4.78 is 0. The molecule has 3 rings (SSSR count). The van der Waals surface area contributed by atoms with E-state index in [1.54, 1.807) is 24.3 Å². The van der Waals surface area contributed by atoms with Gasteiger partial charge in [0.15, 0.2) is 0 Å². The summed E-state index contributed by atoms with van der Waals surface area (Å²) in [6.07, 6.45) is 1.52. The van der Waals surface area contributed by atoms with Crippen LogP contribution in [0.15, 0.2) is 48.8 Å². The van der Waals surface area contributed by atoms with E-state index in [-0.39, 0.29) is 18.4 Å². The quantitative estimate of drug-likeness (QED) is 0.688. The van der Waals surface area contributed by atoms with Crippen LogP contribution in [0.25, 0.3) is 10.9 Å². The lowest BCUT2D eigenvalue weighted by molar-refractivity contribution is -0.115. The van der Waals surface area contributed by atoms with Gasteiger partial charge in [0.05, 0.1) is 12.1 Å². The third-order valence-corrected chi connectivity index (χ3v) is 4.27. The first-order valence-corrected chi connectivity index (χ1v) is 9.10. The Morgan fingerprint density at radius 1 is 1.00 bits per heavy atom. The van der Waals surface area contributed by atoms with Gasteiger partial charge in [-0.2, -0.15) is 0 Å². The lowest BCUT2D eigenvalue weighted by atomic mass is 10.1. The zero-order valence-corrected chi connectivity index (χ0v) is 16.2. The Bertz CT molecular complexity index is 1000. The monoisotopic (exact) mass is 377 g/mol. The van der Waals surface area contributed by atoms with Gasteiger partial charge in [-0.3, -0.25) is 9.59 Å². The Kier molecular flexibility index (Phi) is 5.84. The normalized spacial score (nSPS) is 10.5. The lowest BCUT2D eigenvalue weighted by Gasteiger charge is -2.22. The van der Waals surface area contributed by atoms with Crippen LogP contribution in [0.1, 0.15) is 19.4 Å². The van der Waals surface area contributed by atoms with Crippen LogP contribution in [0.5, 0.6) is 0 Å². The number of anilines is 3. The Morgan fingerprint density at radius 2 is 1.68 bits per heavy atom. The highest BCUT2D eigenvalue weighted by Gasteiger charge is 2.15. The van der Waals surface area contributed by atoms with Gasteiger partial charge in [0.1, 0.15) is 12.1 Å². The highest BCUT2D eigenvalue weighted by atomic mass is 16.2. The predicted octanol–water partition coefficient (Wildman–Crippen LogP) is 3.36. The van der Waals surface area contributed by atoms with E-state index in [4.69, 9.17) is 0 Å². The fourth-order valence-electron chi connectivity index (χ4n) is 2.96. The topological polar surface area (TPSA) is 87.2 Å². The second-order valence-electron chi connectivity index (χ2n) is 6.54. The van der Waals surface area contributed by atoms with Crippen molar-refractivity contribution < 1.29 is 9.59 Å². The van der Waals surface area contributed by atoms with Crippen molar-refractivity contribution in [3.63, 3.8) is 0 Å². The van der Waals surface area contributed by atoms with Gasteiger partial charge in [-0.05, 0) is 50.2 Å². The molecule has 0 atom stereocenters. The highest BCUT2D eigenvalue weighted by molar-refractivity contribution is 5.97. The van der Waals surface area contributed by atoms with Crippen molar-refractivity contribution in [3.05, 3.63) is 54.4 Å². The summed E-state index contributed by atoms with van der Waals surface area (Å²) in [6, 6.07) is 13.0. The maximum Gasteiger partial charge on any atom is 0.243 e. The maximum atomic E-state index is 12.6. The molecule has 2 N–H and O–H groups in total. The SMILES string of the molecule is CCN(CC(=O)Nc1ccc(NC(C)=O)cc1)c1ncnc2ccc(C)cc12. The molecule has 0 unspecified atom stereocenters. The average Bonchev–Trinajstić information content (AvgIpc) is 2.67. The Morgan fingerprint density at radius 3 is 2.32 bits per heavy atom. The lowest BCUT2D eigenvalue weighted by Crippen LogP contribution is -2.33. The summed E-state index contributed by atoms with van der Waals surface area (Å²) in [4.78, 5) is 34.3. The maximum absolute atomic E-state index is 12.6. The van der Waals surface area contributed by atoms with Crippen LogP contribution in [-0.2, 0) is 9.59 Å². The Balaban J connectivity index is 1.73. The predicted molar refractivity (Wildman–Crippen MR) is 112 cm³/mol. The van der Waals surface area contributed by atoms with Crippen molar-refractivity contribution in [2.24, 2.45) is 0 Å². The van der Waals surface area contributed by atoms with Gasteiger partial charge >= 0.3 is 0 Å². The summed E-state index contributed by atoms with van der Waals surface area (Å²) in [6.45, 7) is 6.26. The summed E-state index contributed by atoms with van der Waals surface area (Å²) >= 11 is 0. The minimum atomic E-state index is -0.145. The molecular weight excluding hydrogens is 354 g/mol. The first kappa shape index (κ1) is 19.3. The second kappa shape index (κ2) is 8.47. The first-order chi connectivity index (χ1) is 13.5. The molecule has 0 spiro atoms. The van der Waals surface area contributed by atoms with Crippen LogP contribution in [-0.4, -0.2) is 34.9 Å². The number of rotatable bonds is 6. The molecule has 2 amide bonds. The minimum absolute atomic E-state index is 0.136. The summed E-state index contributed by atoms with van der Waals surface area (Å²) in [7, 11) is 0. The van der Waals surface area contributed by atoms with Gasteiger partial charge in [-0.25, -0.2) is 9.97 Å². The minimum Gasteiger partial charge on any atom is -0.347 e. The number of aryl methyl sites for hydroxylation is 1. The molecule has 0 aliphatic rings. The fraction of sp³-hybridized carbons (Fsp3) is 0.238. The van der Waals surface area contributed by atoms with E-state index >= 15 is 0 Å². The number of carbonyl (C=O) groups excluding carboxylic acids is 2. The molecule has 2 aromatic carbocycles. The number of likely N-dealkylation sites (N-methyl/N-ethyl adjacent to an activating group) is 1. The molecule has 7 heteroatoms. The van der Waals surface area contributed by atoms with Crippen molar-refractivity contribution >= 4 is 39.9 Å². The molecule has 3 aromatic rings. The Hall–Kier alpha value is -3.48. The second-order valence-corrected chi connectivity index (χ2v) is 6.54. The zero-order valence-electron chi connectivity index (χ0n) is 16.2. The van der Waals surface area contributed by atoms with E-state index in [0.29, 0.717) is 17.9 Å². The van der Waals surface area contributed by atoms with E-state index in [0.717, 1.165) is 22.3 Å². The third-order valence-electron chi connectivity index (χ3n) is 4.27. The van der Waals surface area contributed by atoms with Crippen LogP contribution in [0.2, 0.25) is 0 Å². The summed E-state index contributed by atoms with van der Waals surface area (Å²) in [5.41, 5.74) is 3.31. The van der Waals surface area contributed by atoms with E-state index < -0.39 is 0 Å². The number of carbonyl (C=O) groups is 2. The number of amides is 2. The number of hydrogen-bond acceptors (Lipinski definition) is 5. The molecule has 0 saturated heterocycles. The molecule has 1 aromatic heterocycles. The first-order valence-electron chi connectivity index (χ1n) is 9.10. The van der Waals surface area contributed by atoms with Crippen LogP contribution in [0.4, 0.5) is 17.2 Å². The largest absolute Gasteiger partial charge is 0.347 e. The molecule has 7 nitrogen and oxygen atoms in total. The fourth-order valence-corrected chi connectivity index (χ4v) is 2.96. The van der Waals surface area contributed by atoms with Gasteiger partial charge in [-0.1, -0.05) is 11.6 Å². The molecule has 0 saturated carbocycles. The average molecular weight is 377 g/mol. The zero-order chi connectivity index (χ0) is 20.1. The molecule has 0 fully saturated rings. The van der Waals surface area contributed by atoms with Crippen LogP contribution in [0.3, 0.4) is 0 Å². The number of hydrogen-bond donors (Lipinski definition) is 2. The molecule has 144 valence electrons. The molecule has 0 aliphatic heterocycles. The number of nitrogens with zero attached hydrogens (tertiary/aromatic N) is 3. The molecular formula is C21H23N5O2. The van der Waals surface area contributed by atoms with Crippen molar-refractivity contribution in [3.8, 4) is 0 Å². The molecule has 0 radical (unpaired) electrons. The molecule has 0 bridgehead atoms. The van der Waals surface area contributed by atoms with Gasteiger partial charge in [0.25, 0.3) is 0 Å². The smallest absolute Gasteiger partial charge is 0.243 e. The molecule has 28 heavy (non-hydrogen) atoms.